The molecule has 2 heterocycles. The van der Waals surface area contributed by atoms with Gasteiger partial charge in [-0.15, -0.1) is 24.0 Å². The van der Waals surface area contributed by atoms with E-state index in [0.29, 0.717) is 6.04 Å². The highest BCUT2D eigenvalue weighted by molar-refractivity contribution is 14.0. The van der Waals surface area contributed by atoms with Crippen LogP contribution in [0.3, 0.4) is 0 Å². The molecule has 2 fully saturated rings. The van der Waals surface area contributed by atoms with E-state index in [1.165, 1.54) is 5.56 Å². The number of hydrogen-bond acceptors (Lipinski definition) is 5. The second-order valence-electron chi connectivity index (χ2n) is 7.87. The summed E-state index contributed by atoms with van der Waals surface area (Å²) in [5.74, 6) is 1.00. The van der Waals surface area contributed by atoms with Crippen molar-refractivity contribution in [3.05, 3.63) is 35.9 Å². The Morgan fingerprint density at radius 2 is 2.07 bits per heavy atom. The maximum Gasteiger partial charge on any atom is 0.194 e. The number of nitrogens with zero attached hydrogens (tertiary/aromatic N) is 4. The Kier molecular flexibility index (Phi) is 11.4. The molecule has 7 nitrogen and oxygen atoms in total. The van der Waals surface area contributed by atoms with E-state index in [2.05, 4.69) is 64.3 Å². The van der Waals surface area contributed by atoms with Gasteiger partial charge < -0.3 is 24.6 Å². The van der Waals surface area contributed by atoms with Gasteiger partial charge in [0, 0.05) is 52.9 Å². The van der Waals surface area contributed by atoms with Crippen molar-refractivity contribution in [2.75, 3.05) is 73.2 Å². The van der Waals surface area contributed by atoms with Gasteiger partial charge in [0.15, 0.2) is 5.96 Å². The molecule has 0 saturated carbocycles. The van der Waals surface area contributed by atoms with Crippen LogP contribution >= 0.6 is 24.0 Å². The first-order chi connectivity index (χ1) is 14.2. The second kappa shape index (κ2) is 13.5. The Morgan fingerprint density at radius 3 is 2.80 bits per heavy atom. The summed E-state index contributed by atoms with van der Waals surface area (Å²) in [6.45, 7) is 11.0. The van der Waals surface area contributed by atoms with Gasteiger partial charge in [-0.2, -0.15) is 0 Å². The molecule has 0 aliphatic carbocycles. The third-order valence-electron chi connectivity index (χ3n) is 5.70. The molecular weight excluding hydrogens is 493 g/mol. The highest BCUT2D eigenvalue weighted by Crippen LogP contribution is 2.24. The number of rotatable bonds is 9. The number of likely N-dealkylation sites (tertiary alicyclic amines) is 1. The number of morpholine rings is 1. The SMILES string of the molecule is CCNC(=NCCN(C)CCOC)N1CC2OCCN(Cc3ccccc3)C2C1.I. The van der Waals surface area contributed by atoms with Gasteiger partial charge in [0.25, 0.3) is 0 Å². The minimum atomic E-state index is 0. The van der Waals surface area contributed by atoms with Gasteiger partial charge in [0.1, 0.15) is 0 Å². The molecule has 170 valence electrons. The standard InChI is InChI=1S/C22H37N5O2.HI/c1-4-23-22(24-10-11-25(2)12-14-28-3)27-17-20-21(18-27)29-15-13-26(20)16-19-8-6-5-7-9-19;/h5-9,20-21H,4,10-18H2,1-3H3,(H,23,24);1H. The van der Waals surface area contributed by atoms with Crippen molar-refractivity contribution in [3.63, 3.8) is 0 Å². The molecule has 2 atom stereocenters. The fourth-order valence-electron chi connectivity index (χ4n) is 4.06. The highest BCUT2D eigenvalue weighted by Gasteiger charge is 2.41. The second-order valence-corrected chi connectivity index (χ2v) is 7.87. The lowest BCUT2D eigenvalue weighted by molar-refractivity contribution is -0.0502. The number of ether oxygens (including phenoxy) is 2. The smallest absolute Gasteiger partial charge is 0.194 e. The van der Waals surface area contributed by atoms with Gasteiger partial charge in [-0.25, -0.2) is 0 Å². The zero-order valence-corrected chi connectivity index (χ0v) is 21.0. The van der Waals surface area contributed by atoms with E-state index in [-0.39, 0.29) is 30.1 Å². The molecule has 0 spiro atoms. The molecule has 2 aliphatic rings. The summed E-state index contributed by atoms with van der Waals surface area (Å²) in [6.07, 6.45) is 0.251. The van der Waals surface area contributed by atoms with Gasteiger partial charge in [0.2, 0.25) is 0 Å². The van der Waals surface area contributed by atoms with Crippen LogP contribution in [0.5, 0.6) is 0 Å². The Labute approximate surface area is 198 Å². The van der Waals surface area contributed by atoms with Crippen molar-refractivity contribution in [1.29, 1.82) is 0 Å². The zero-order chi connectivity index (χ0) is 20.5. The van der Waals surface area contributed by atoms with Crippen molar-refractivity contribution in [3.8, 4) is 0 Å². The normalized spacial score (nSPS) is 22.1. The third kappa shape index (κ3) is 7.33. The van der Waals surface area contributed by atoms with Crippen molar-refractivity contribution < 1.29 is 9.47 Å². The summed E-state index contributed by atoms with van der Waals surface area (Å²) in [7, 11) is 3.85. The molecule has 0 radical (unpaired) electrons. The fourth-order valence-corrected chi connectivity index (χ4v) is 4.06. The lowest BCUT2D eigenvalue weighted by atomic mass is 10.1. The number of guanidine groups is 1. The Hall–Kier alpha value is -0.940. The van der Waals surface area contributed by atoms with Crippen molar-refractivity contribution in [2.45, 2.75) is 25.6 Å². The maximum absolute atomic E-state index is 6.13. The van der Waals surface area contributed by atoms with E-state index in [1.807, 2.05) is 0 Å². The summed E-state index contributed by atoms with van der Waals surface area (Å²) in [5.41, 5.74) is 1.37. The van der Waals surface area contributed by atoms with Crippen molar-refractivity contribution >= 4 is 29.9 Å². The fraction of sp³-hybridized carbons (Fsp3) is 0.682. The number of fused-ring (bicyclic) bond motifs is 1. The number of methoxy groups -OCH3 is 1. The van der Waals surface area contributed by atoms with Crippen LogP contribution in [0.1, 0.15) is 12.5 Å². The molecule has 1 aromatic rings. The average molecular weight is 531 g/mol. The molecule has 0 aromatic heterocycles. The summed E-state index contributed by atoms with van der Waals surface area (Å²) in [5, 5.41) is 3.47. The summed E-state index contributed by atoms with van der Waals surface area (Å²) < 4.78 is 11.3. The summed E-state index contributed by atoms with van der Waals surface area (Å²) >= 11 is 0. The van der Waals surface area contributed by atoms with Crippen LogP contribution in [0.2, 0.25) is 0 Å². The average Bonchev–Trinajstić information content (AvgIpc) is 3.18. The lowest BCUT2D eigenvalue weighted by Crippen LogP contribution is -2.50. The van der Waals surface area contributed by atoms with E-state index < -0.39 is 0 Å². The number of halogens is 1. The first-order valence-corrected chi connectivity index (χ1v) is 10.8. The molecule has 3 rings (SSSR count). The monoisotopic (exact) mass is 531 g/mol. The number of likely N-dealkylation sites (N-methyl/N-ethyl adjacent to an activating group) is 1. The van der Waals surface area contributed by atoms with Crippen molar-refractivity contribution in [2.24, 2.45) is 4.99 Å². The van der Waals surface area contributed by atoms with Crippen LogP contribution in [0.25, 0.3) is 0 Å². The third-order valence-corrected chi connectivity index (χ3v) is 5.70. The maximum atomic E-state index is 6.13. The first kappa shape index (κ1) is 25.3. The molecule has 1 N–H and O–H groups in total. The quantitative estimate of drug-likeness (QED) is 0.298. The minimum Gasteiger partial charge on any atom is -0.383 e. The molecule has 8 heteroatoms. The molecule has 2 unspecified atom stereocenters. The number of hydrogen-bond donors (Lipinski definition) is 1. The Morgan fingerprint density at radius 1 is 1.27 bits per heavy atom. The van der Waals surface area contributed by atoms with Crippen molar-refractivity contribution in [1.82, 2.24) is 20.0 Å². The predicted octanol–water partition coefficient (Wildman–Crippen LogP) is 1.73. The number of aliphatic imine (C=N–C) groups is 1. The van der Waals surface area contributed by atoms with Crippen LogP contribution < -0.4 is 5.32 Å². The van der Waals surface area contributed by atoms with Gasteiger partial charge >= 0.3 is 0 Å². The molecular formula is C22H38IN5O2. The topological polar surface area (TPSA) is 52.6 Å². The van der Waals surface area contributed by atoms with E-state index in [4.69, 9.17) is 14.5 Å². The van der Waals surface area contributed by atoms with Gasteiger partial charge in [0.05, 0.1) is 31.9 Å². The molecule has 2 aliphatic heterocycles. The van der Waals surface area contributed by atoms with Crippen LogP contribution in [-0.2, 0) is 16.0 Å². The first-order valence-electron chi connectivity index (χ1n) is 10.8. The van der Waals surface area contributed by atoms with Crippen LogP contribution in [0.4, 0.5) is 0 Å². The molecule has 1 aromatic carbocycles. The highest BCUT2D eigenvalue weighted by atomic mass is 127. The van der Waals surface area contributed by atoms with E-state index in [0.717, 1.165) is 71.5 Å². The molecule has 0 bridgehead atoms. The molecule has 2 saturated heterocycles. The minimum absolute atomic E-state index is 0. The number of nitrogens with one attached hydrogen (secondary N) is 1. The summed E-state index contributed by atoms with van der Waals surface area (Å²) in [4.78, 5) is 12.1. The van der Waals surface area contributed by atoms with Gasteiger partial charge in [-0.3, -0.25) is 9.89 Å². The van der Waals surface area contributed by atoms with E-state index >= 15 is 0 Å². The van der Waals surface area contributed by atoms with E-state index in [9.17, 15) is 0 Å². The largest absolute Gasteiger partial charge is 0.383 e. The van der Waals surface area contributed by atoms with Gasteiger partial charge in [-0.1, -0.05) is 30.3 Å². The number of benzene rings is 1. The Balaban J connectivity index is 0.00000320. The summed E-state index contributed by atoms with van der Waals surface area (Å²) in [6, 6.07) is 11.2. The van der Waals surface area contributed by atoms with E-state index in [1.54, 1.807) is 7.11 Å². The molecule has 0 amide bonds. The van der Waals surface area contributed by atoms with Gasteiger partial charge in [-0.05, 0) is 19.5 Å². The molecule has 30 heavy (non-hydrogen) atoms. The zero-order valence-electron chi connectivity index (χ0n) is 18.6. The van der Waals surface area contributed by atoms with Crippen LogP contribution in [0.15, 0.2) is 35.3 Å². The predicted molar refractivity (Wildman–Crippen MR) is 133 cm³/mol. The van der Waals surface area contributed by atoms with Crippen LogP contribution in [-0.4, -0.2) is 106 Å². The Bertz CT molecular complexity index is 633. The lowest BCUT2D eigenvalue weighted by Gasteiger charge is -2.36. The van der Waals surface area contributed by atoms with Crippen LogP contribution in [0, 0.1) is 0 Å².